The van der Waals surface area contributed by atoms with Crippen LogP contribution in [-0.4, -0.2) is 37.4 Å². The fourth-order valence-corrected chi connectivity index (χ4v) is 2.53. The van der Waals surface area contributed by atoms with Crippen LogP contribution in [-0.2, 0) is 25.3 Å². The van der Waals surface area contributed by atoms with Gasteiger partial charge in [0, 0.05) is 0 Å². The summed E-state index contributed by atoms with van der Waals surface area (Å²) in [5.41, 5.74) is 8.09. The topological polar surface area (TPSA) is 70.8 Å². The van der Waals surface area contributed by atoms with Crippen molar-refractivity contribution in [3.8, 4) is 0 Å². The fraction of sp³-hybridized carbons (Fsp3) is 0.588. The molecule has 23 heavy (non-hydrogen) atoms. The summed E-state index contributed by atoms with van der Waals surface area (Å²) in [6.07, 6.45) is 0.416. The number of hydrogen-bond donors (Lipinski definition) is 1. The van der Waals surface area contributed by atoms with Gasteiger partial charge < -0.3 is 19.8 Å². The quantitative estimate of drug-likeness (QED) is 0.670. The van der Waals surface area contributed by atoms with Crippen LogP contribution >= 0.6 is 0 Å². The summed E-state index contributed by atoms with van der Waals surface area (Å²) < 4.78 is 16.9. The van der Waals surface area contributed by atoms with Crippen molar-refractivity contribution in [1.29, 1.82) is 0 Å². The normalized spacial score (nSPS) is 20.4. The third kappa shape index (κ3) is 3.60. The molecule has 0 spiro atoms. The standard InChI is InChI=1S/C17H26BNO4/c1-11-7-8-12(10-14(19)15(20)21-6)9-13(11)18-22-16(2,3)17(4,5)23-18/h7-9,14H,10,19H2,1-6H3/t14-/m0/s1. The van der Waals surface area contributed by atoms with E-state index < -0.39 is 19.1 Å². The molecule has 1 aromatic carbocycles. The van der Waals surface area contributed by atoms with E-state index >= 15 is 0 Å². The largest absolute Gasteiger partial charge is 0.495 e. The fourth-order valence-electron chi connectivity index (χ4n) is 2.53. The number of nitrogens with two attached hydrogens (primary N) is 1. The van der Waals surface area contributed by atoms with Gasteiger partial charge in [0.15, 0.2) is 0 Å². The summed E-state index contributed by atoms with van der Waals surface area (Å²) in [7, 11) is 0.918. The predicted molar refractivity (Wildman–Crippen MR) is 90.6 cm³/mol. The lowest BCUT2D eigenvalue weighted by atomic mass is 9.75. The summed E-state index contributed by atoms with van der Waals surface area (Å²) in [6.45, 7) is 10.1. The Morgan fingerprint density at radius 1 is 1.26 bits per heavy atom. The van der Waals surface area contributed by atoms with Gasteiger partial charge in [-0.05, 0) is 52.1 Å². The monoisotopic (exact) mass is 319 g/mol. The lowest BCUT2D eigenvalue weighted by Gasteiger charge is -2.32. The molecule has 2 rings (SSSR count). The lowest BCUT2D eigenvalue weighted by Crippen LogP contribution is -2.41. The smallest absolute Gasteiger partial charge is 0.468 e. The van der Waals surface area contributed by atoms with E-state index in [1.54, 1.807) is 0 Å². The number of aryl methyl sites for hydroxylation is 1. The van der Waals surface area contributed by atoms with Crippen molar-refractivity contribution in [2.45, 2.75) is 58.3 Å². The van der Waals surface area contributed by atoms with Crippen molar-refractivity contribution in [2.24, 2.45) is 5.73 Å². The second-order valence-electron chi connectivity index (χ2n) is 7.11. The molecule has 1 atom stereocenters. The summed E-state index contributed by atoms with van der Waals surface area (Å²) >= 11 is 0. The summed E-state index contributed by atoms with van der Waals surface area (Å²) in [5.74, 6) is -0.414. The molecular weight excluding hydrogens is 293 g/mol. The minimum absolute atomic E-state index is 0.386. The van der Waals surface area contributed by atoms with E-state index in [2.05, 4.69) is 4.74 Å². The van der Waals surface area contributed by atoms with Crippen molar-refractivity contribution >= 4 is 18.6 Å². The van der Waals surface area contributed by atoms with Gasteiger partial charge in [0.05, 0.1) is 18.3 Å². The highest BCUT2D eigenvalue weighted by Crippen LogP contribution is 2.36. The summed E-state index contributed by atoms with van der Waals surface area (Å²) in [5, 5.41) is 0. The number of carbonyl (C=O) groups is 1. The molecule has 0 amide bonds. The van der Waals surface area contributed by atoms with Crippen LogP contribution in [0.1, 0.15) is 38.8 Å². The number of benzene rings is 1. The average Bonchev–Trinajstić information content (AvgIpc) is 2.68. The van der Waals surface area contributed by atoms with Crippen molar-refractivity contribution in [3.63, 3.8) is 0 Å². The Hall–Kier alpha value is -1.37. The first kappa shape index (κ1) is 18.0. The molecule has 0 saturated carbocycles. The van der Waals surface area contributed by atoms with E-state index in [-0.39, 0.29) is 11.2 Å². The maximum atomic E-state index is 11.5. The molecule has 0 bridgehead atoms. The molecular formula is C17H26BNO4. The molecule has 5 nitrogen and oxygen atoms in total. The number of methoxy groups -OCH3 is 1. The highest BCUT2D eigenvalue weighted by Gasteiger charge is 2.52. The first-order valence-electron chi connectivity index (χ1n) is 7.86. The van der Waals surface area contributed by atoms with Gasteiger partial charge >= 0.3 is 13.1 Å². The van der Waals surface area contributed by atoms with E-state index in [9.17, 15) is 4.79 Å². The Labute approximate surface area is 138 Å². The van der Waals surface area contributed by atoms with Crippen LogP contribution in [0, 0.1) is 6.92 Å². The number of ether oxygens (including phenoxy) is 1. The van der Waals surface area contributed by atoms with E-state index in [0.717, 1.165) is 16.6 Å². The van der Waals surface area contributed by atoms with Crippen LogP contribution < -0.4 is 11.2 Å². The van der Waals surface area contributed by atoms with E-state index in [4.69, 9.17) is 15.0 Å². The van der Waals surface area contributed by atoms with Gasteiger partial charge in [-0.15, -0.1) is 0 Å². The first-order valence-corrected chi connectivity index (χ1v) is 7.86. The zero-order valence-corrected chi connectivity index (χ0v) is 14.8. The molecule has 1 heterocycles. The zero-order chi connectivity index (χ0) is 17.4. The number of hydrogen-bond acceptors (Lipinski definition) is 5. The Balaban J connectivity index is 2.24. The molecule has 1 aliphatic heterocycles. The Morgan fingerprint density at radius 3 is 2.35 bits per heavy atom. The lowest BCUT2D eigenvalue weighted by molar-refractivity contribution is -0.142. The average molecular weight is 319 g/mol. The molecule has 0 radical (unpaired) electrons. The van der Waals surface area contributed by atoms with Gasteiger partial charge in [-0.25, -0.2) is 0 Å². The van der Waals surface area contributed by atoms with Crippen LogP contribution in [0.25, 0.3) is 0 Å². The minimum atomic E-state index is -0.672. The first-order chi connectivity index (χ1) is 10.6. The van der Waals surface area contributed by atoms with Crippen LogP contribution in [0.15, 0.2) is 18.2 Å². The van der Waals surface area contributed by atoms with Crippen LogP contribution in [0.4, 0.5) is 0 Å². The van der Waals surface area contributed by atoms with E-state index in [0.29, 0.717) is 6.42 Å². The third-order valence-corrected chi connectivity index (χ3v) is 4.81. The molecule has 1 aliphatic rings. The van der Waals surface area contributed by atoms with Gasteiger partial charge in [0.2, 0.25) is 0 Å². The Kier molecular flexibility index (Phi) is 4.90. The third-order valence-electron chi connectivity index (χ3n) is 4.81. The molecule has 0 aromatic heterocycles. The van der Waals surface area contributed by atoms with E-state index in [1.165, 1.54) is 7.11 Å². The highest BCUT2D eigenvalue weighted by molar-refractivity contribution is 6.62. The number of carbonyl (C=O) groups excluding carboxylic acids is 1. The molecule has 6 heteroatoms. The molecule has 126 valence electrons. The van der Waals surface area contributed by atoms with Gasteiger partial charge in [0.25, 0.3) is 0 Å². The SMILES string of the molecule is COC(=O)[C@@H](N)Cc1ccc(C)c(B2OC(C)(C)C(C)(C)O2)c1. The minimum Gasteiger partial charge on any atom is -0.468 e. The van der Waals surface area contributed by atoms with Crippen molar-refractivity contribution in [2.75, 3.05) is 7.11 Å². The molecule has 1 saturated heterocycles. The molecule has 0 unspecified atom stereocenters. The maximum Gasteiger partial charge on any atom is 0.495 e. The van der Waals surface area contributed by atoms with Gasteiger partial charge in [-0.2, -0.15) is 0 Å². The van der Waals surface area contributed by atoms with Gasteiger partial charge in [-0.3, -0.25) is 4.79 Å². The molecule has 0 aliphatic carbocycles. The van der Waals surface area contributed by atoms with Gasteiger partial charge in [-0.1, -0.05) is 23.8 Å². The van der Waals surface area contributed by atoms with Crippen LogP contribution in [0.2, 0.25) is 0 Å². The molecule has 1 aromatic rings. The summed E-state index contributed by atoms with van der Waals surface area (Å²) in [4.78, 5) is 11.5. The number of rotatable bonds is 4. The maximum absolute atomic E-state index is 11.5. The van der Waals surface area contributed by atoms with Crippen molar-refractivity contribution in [1.82, 2.24) is 0 Å². The van der Waals surface area contributed by atoms with Crippen molar-refractivity contribution in [3.05, 3.63) is 29.3 Å². The van der Waals surface area contributed by atoms with E-state index in [1.807, 2.05) is 52.8 Å². The van der Waals surface area contributed by atoms with Crippen LogP contribution in [0.5, 0.6) is 0 Å². The van der Waals surface area contributed by atoms with Gasteiger partial charge in [0.1, 0.15) is 6.04 Å². The zero-order valence-electron chi connectivity index (χ0n) is 14.8. The Bertz CT molecular complexity index is 584. The second kappa shape index (κ2) is 6.26. The van der Waals surface area contributed by atoms with Crippen molar-refractivity contribution < 1.29 is 18.8 Å². The second-order valence-corrected chi connectivity index (χ2v) is 7.11. The molecule has 1 fully saturated rings. The Morgan fingerprint density at radius 2 is 1.83 bits per heavy atom. The highest BCUT2D eigenvalue weighted by atomic mass is 16.7. The predicted octanol–water partition coefficient (Wildman–Crippen LogP) is 1.34. The number of esters is 1. The molecule has 2 N–H and O–H groups in total. The summed E-state index contributed by atoms with van der Waals surface area (Å²) in [6, 6.07) is 5.29. The van der Waals surface area contributed by atoms with Crippen LogP contribution in [0.3, 0.4) is 0 Å².